The van der Waals surface area contributed by atoms with Crippen LogP contribution >= 0.6 is 0 Å². The second-order valence-electron chi connectivity index (χ2n) is 7.66. The molecule has 160 valence electrons. The number of amides is 1. The van der Waals surface area contributed by atoms with Crippen molar-refractivity contribution in [1.82, 2.24) is 10.2 Å². The molecule has 0 atom stereocenters. The van der Waals surface area contributed by atoms with Crippen molar-refractivity contribution >= 4 is 17.6 Å². The molecule has 1 N–H and O–H groups in total. The van der Waals surface area contributed by atoms with E-state index in [9.17, 15) is 4.79 Å². The Labute approximate surface area is 174 Å². The van der Waals surface area contributed by atoms with Crippen molar-refractivity contribution in [1.29, 1.82) is 0 Å². The first kappa shape index (κ1) is 21.4. The monoisotopic (exact) mass is 402 g/mol. The molecule has 7 heteroatoms. The van der Waals surface area contributed by atoms with Crippen molar-refractivity contribution in [3.63, 3.8) is 0 Å². The van der Waals surface area contributed by atoms with Crippen LogP contribution in [-0.4, -0.2) is 69.8 Å². The van der Waals surface area contributed by atoms with Crippen molar-refractivity contribution in [2.45, 2.75) is 32.6 Å². The fraction of sp³-hybridized carbons (Fsp3) is 0.636. The lowest BCUT2D eigenvalue weighted by Gasteiger charge is -2.29. The molecule has 2 aliphatic heterocycles. The number of para-hydroxylation sites is 2. The molecular weight excluding hydrogens is 368 g/mol. The van der Waals surface area contributed by atoms with Crippen LogP contribution in [0.3, 0.4) is 0 Å². The van der Waals surface area contributed by atoms with Crippen molar-refractivity contribution in [3.05, 3.63) is 24.3 Å². The molecule has 29 heavy (non-hydrogen) atoms. The zero-order chi connectivity index (χ0) is 20.5. The summed E-state index contributed by atoms with van der Waals surface area (Å²) < 4.78 is 11.0. The lowest BCUT2D eigenvalue weighted by molar-refractivity contribution is -0.121. The zero-order valence-corrected chi connectivity index (χ0v) is 17.7. The highest BCUT2D eigenvalue weighted by Gasteiger charge is 2.24. The van der Waals surface area contributed by atoms with E-state index in [-0.39, 0.29) is 12.5 Å². The summed E-state index contributed by atoms with van der Waals surface area (Å²) in [6.45, 7) is 7.15. The Hall–Kier alpha value is -2.28. The molecular formula is C22H34N4O3. The lowest BCUT2D eigenvalue weighted by Crippen LogP contribution is -2.41. The van der Waals surface area contributed by atoms with E-state index in [1.54, 1.807) is 0 Å². The molecule has 0 unspecified atom stereocenters. The average Bonchev–Trinajstić information content (AvgIpc) is 2.76. The normalized spacial score (nSPS) is 17.7. The van der Waals surface area contributed by atoms with Crippen molar-refractivity contribution in [3.8, 4) is 5.75 Å². The summed E-state index contributed by atoms with van der Waals surface area (Å²) in [6.07, 6.45) is 4.30. The molecule has 2 heterocycles. The third-order valence-corrected chi connectivity index (χ3v) is 5.52. The Morgan fingerprint density at radius 3 is 2.90 bits per heavy atom. The second-order valence-corrected chi connectivity index (χ2v) is 7.66. The van der Waals surface area contributed by atoms with Gasteiger partial charge in [-0.1, -0.05) is 12.1 Å². The van der Waals surface area contributed by atoms with Gasteiger partial charge in [-0.05, 0) is 50.7 Å². The van der Waals surface area contributed by atoms with Crippen LogP contribution in [0.2, 0.25) is 0 Å². The molecule has 7 nitrogen and oxygen atoms in total. The molecule has 0 aliphatic carbocycles. The fourth-order valence-corrected chi connectivity index (χ4v) is 3.80. The minimum Gasteiger partial charge on any atom is -0.482 e. The molecule has 0 spiro atoms. The fourth-order valence-electron chi connectivity index (χ4n) is 3.80. The van der Waals surface area contributed by atoms with Gasteiger partial charge in [-0.2, -0.15) is 0 Å². The van der Waals surface area contributed by atoms with E-state index in [0.29, 0.717) is 13.1 Å². The predicted molar refractivity (Wildman–Crippen MR) is 116 cm³/mol. The molecule has 0 saturated carbocycles. The van der Waals surface area contributed by atoms with Gasteiger partial charge in [0, 0.05) is 46.4 Å². The number of anilines is 1. The number of rotatable bonds is 8. The van der Waals surface area contributed by atoms with Gasteiger partial charge in [0.25, 0.3) is 5.91 Å². The van der Waals surface area contributed by atoms with Crippen LogP contribution in [0.25, 0.3) is 0 Å². The Balaban J connectivity index is 1.49. The van der Waals surface area contributed by atoms with Crippen LogP contribution in [-0.2, 0) is 9.53 Å². The van der Waals surface area contributed by atoms with Crippen LogP contribution in [0.1, 0.15) is 32.6 Å². The Kier molecular flexibility index (Phi) is 8.16. The van der Waals surface area contributed by atoms with Crippen LogP contribution in [0.15, 0.2) is 29.3 Å². The van der Waals surface area contributed by atoms with E-state index >= 15 is 0 Å². The number of nitrogens with zero attached hydrogens (tertiary/aromatic N) is 3. The van der Waals surface area contributed by atoms with Gasteiger partial charge in [-0.3, -0.25) is 9.79 Å². The smallest absolute Gasteiger partial charge is 0.265 e. The highest BCUT2D eigenvalue weighted by Crippen LogP contribution is 2.31. The summed E-state index contributed by atoms with van der Waals surface area (Å²) in [5.74, 6) is 2.47. The number of hydrogen-bond acceptors (Lipinski definition) is 4. The first-order valence-electron chi connectivity index (χ1n) is 10.8. The van der Waals surface area contributed by atoms with E-state index in [1.165, 1.54) is 6.42 Å². The molecule has 3 rings (SSSR count). The van der Waals surface area contributed by atoms with Crippen LogP contribution < -0.4 is 15.0 Å². The Bertz CT molecular complexity index is 688. The number of nitrogens with one attached hydrogen (secondary N) is 1. The lowest BCUT2D eigenvalue weighted by atomic mass is 9.96. The van der Waals surface area contributed by atoms with Gasteiger partial charge in [0.2, 0.25) is 0 Å². The van der Waals surface area contributed by atoms with E-state index in [1.807, 2.05) is 29.2 Å². The molecule has 0 aromatic heterocycles. The zero-order valence-electron chi connectivity index (χ0n) is 17.7. The SMILES string of the molecule is CCNC(=NCCCN1C(=O)COc2ccccc21)N(C)CCC1CCOCC1. The van der Waals surface area contributed by atoms with E-state index in [2.05, 4.69) is 24.2 Å². The van der Waals surface area contributed by atoms with Gasteiger partial charge >= 0.3 is 0 Å². The summed E-state index contributed by atoms with van der Waals surface area (Å²) in [5.41, 5.74) is 0.855. The first-order valence-corrected chi connectivity index (χ1v) is 10.8. The van der Waals surface area contributed by atoms with E-state index in [4.69, 9.17) is 14.5 Å². The topological polar surface area (TPSA) is 66.4 Å². The molecule has 0 bridgehead atoms. The number of carbonyl (C=O) groups excluding carboxylic acids is 1. The number of fused-ring (bicyclic) bond motifs is 1. The third-order valence-electron chi connectivity index (χ3n) is 5.52. The third kappa shape index (κ3) is 6.10. The highest BCUT2D eigenvalue weighted by molar-refractivity contribution is 5.97. The van der Waals surface area contributed by atoms with Gasteiger partial charge in [0.15, 0.2) is 12.6 Å². The van der Waals surface area contributed by atoms with Crippen molar-refractivity contribution in [2.75, 3.05) is 57.9 Å². The predicted octanol–water partition coefficient (Wildman–Crippen LogP) is 2.52. The van der Waals surface area contributed by atoms with Gasteiger partial charge in [-0.25, -0.2) is 0 Å². The number of carbonyl (C=O) groups is 1. The van der Waals surface area contributed by atoms with E-state index in [0.717, 1.165) is 68.9 Å². The first-order chi connectivity index (χ1) is 14.2. The van der Waals surface area contributed by atoms with Gasteiger partial charge in [-0.15, -0.1) is 0 Å². The van der Waals surface area contributed by atoms with Gasteiger partial charge in [0.05, 0.1) is 5.69 Å². The maximum absolute atomic E-state index is 12.3. The molecule has 2 aliphatic rings. The van der Waals surface area contributed by atoms with Crippen LogP contribution in [0.4, 0.5) is 5.69 Å². The summed E-state index contributed by atoms with van der Waals surface area (Å²) in [7, 11) is 2.10. The minimum absolute atomic E-state index is 0.00756. The summed E-state index contributed by atoms with van der Waals surface area (Å²) >= 11 is 0. The van der Waals surface area contributed by atoms with Crippen molar-refractivity contribution < 1.29 is 14.3 Å². The van der Waals surface area contributed by atoms with Gasteiger partial charge in [0.1, 0.15) is 5.75 Å². The molecule has 1 saturated heterocycles. The van der Waals surface area contributed by atoms with E-state index < -0.39 is 0 Å². The number of hydrogen-bond donors (Lipinski definition) is 1. The van der Waals surface area contributed by atoms with Crippen LogP contribution in [0, 0.1) is 5.92 Å². The minimum atomic E-state index is 0.00756. The van der Waals surface area contributed by atoms with Crippen molar-refractivity contribution in [2.24, 2.45) is 10.9 Å². The molecule has 1 aromatic carbocycles. The number of guanidine groups is 1. The number of aliphatic imine (C=N–C) groups is 1. The van der Waals surface area contributed by atoms with Crippen LogP contribution in [0.5, 0.6) is 5.75 Å². The maximum atomic E-state index is 12.3. The summed E-state index contributed by atoms with van der Waals surface area (Å²) in [6, 6.07) is 7.70. The molecule has 0 radical (unpaired) electrons. The average molecular weight is 403 g/mol. The van der Waals surface area contributed by atoms with Gasteiger partial charge < -0.3 is 24.6 Å². The highest BCUT2D eigenvalue weighted by atomic mass is 16.5. The Morgan fingerprint density at radius 2 is 2.10 bits per heavy atom. The quantitative estimate of drug-likeness (QED) is 0.411. The maximum Gasteiger partial charge on any atom is 0.265 e. The number of benzene rings is 1. The summed E-state index contributed by atoms with van der Waals surface area (Å²) in [4.78, 5) is 21.1. The molecule has 1 fully saturated rings. The molecule has 1 aromatic rings. The second kappa shape index (κ2) is 11.0. The largest absolute Gasteiger partial charge is 0.482 e. The standard InChI is InChI=1S/C22H34N4O3/c1-3-23-22(25(2)14-9-18-10-15-28-16-11-18)24-12-6-13-26-19-7-4-5-8-20(19)29-17-21(26)27/h4-5,7-8,18H,3,6,9-17H2,1-2H3,(H,23,24). The summed E-state index contributed by atoms with van der Waals surface area (Å²) in [5, 5.41) is 3.38. The Morgan fingerprint density at radius 1 is 1.31 bits per heavy atom. The molecule has 1 amide bonds. The number of ether oxygens (including phenoxy) is 2.